The molecule has 1 aromatic heterocycles. The molecule has 26 heavy (non-hydrogen) atoms. The number of likely N-dealkylation sites (tertiary alicyclic amines) is 1. The van der Waals surface area contributed by atoms with Crippen molar-refractivity contribution >= 4 is 16.9 Å². The fourth-order valence-electron chi connectivity index (χ4n) is 3.70. The smallest absolute Gasteiger partial charge is 0.323 e. The van der Waals surface area contributed by atoms with Crippen molar-refractivity contribution in [1.82, 2.24) is 19.8 Å². The van der Waals surface area contributed by atoms with E-state index in [2.05, 4.69) is 28.7 Å². The molecule has 3 N–H and O–H groups in total. The van der Waals surface area contributed by atoms with Crippen molar-refractivity contribution in [2.24, 2.45) is 5.92 Å². The Balaban J connectivity index is 1.68. The third kappa shape index (κ3) is 4.16. The number of β-amino-alcohol motifs (C(OH)–C–C–N with tert-alkyl or cyclic N) is 1. The van der Waals surface area contributed by atoms with Gasteiger partial charge in [0.25, 0.3) is 0 Å². The van der Waals surface area contributed by atoms with Gasteiger partial charge in [0.15, 0.2) is 0 Å². The maximum atomic E-state index is 12.8. The van der Waals surface area contributed by atoms with Crippen LogP contribution in [0.5, 0.6) is 0 Å². The zero-order valence-corrected chi connectivity index (χ0v) is 15.7. The van der Waals surface area contributed by atoms with E-state index in [1.807, 2.05) is 30.1 Å². The third-order valence-electron chi connectivity index (χ3n) is 5.29. The Bertz CT molecular complexity index is 826. The molecule has 2 heterocycles. The summed E-state index contributed by atoms with van der Waals surface area (Å²) in [6.45, 7) is 6.59. The number of imidazole rings is 1. The van der Waals surface area contributed by atoms with Crippen LogP contribution in [0.15, 0.2) is 23.0 Å². The minimum atomic E-state index is -0.251. The largest absolute Gasteiger partial charge is 0.392 e. The summed E-state index contributed by atoms with van der Waals surface area (Å²) in [7, 11) is 1.86. The van der Waals surface area contributed by atoms with E-state index in [-0.39, 0.29) is 23.7 Å². The molecule has 1 aromatic carbocycles. The minimum absolute atomic E-state index is 0.0562. The van der Waals surface area contributed by atoms with Gasteiger partial charge in [-0.1, -0.05) is 19.9 Å². The highest BCUT2D eigenvalue weighted by Gasteiger charge is 2.28. The Morgan fingerprint density at radius 3 is 2.73 bits per heavy atom. The lowest BCUT2D eigenvalue weighted by Gasteiger charge is -2.34. The van der Waals surface area contributed by atoms with Crippen LogP contribution in [0.1, 0.15) is 25.8 Å². The number of aliphatic hydroxyl groups excluding tert-OH is 1. The number of aromatic nitrogens is 2. The molecule has 0 unspecified atom stereocenters. The van der Waals surface area contributed by atoms with Gasteiger partial charge >= 0.3 is 5.69 Å². The second kappa shape index (κ2) is 7.63. The number of amides is 1. The lowest BCUT2D eigenvalue weighted by molar-refractivity contribution is -0.132. The molecule has 1 fully saturated rings. The maximum absolute atomic E-state index is 12.8. The monoisotopic (exact) mass is 360 g/mol. The molecule has 1 aliphatic rings. The summed E-state index contributed by atoms with van der Waals surface area (Å²) in [5.41, 5.74) is 2.10. The van der Waals surface area contributed by atoms with E-state index in [0.29, 0.717) is 18.9 Å². The molecule has 1 saturated heterocycles. The van der Waals surface area contributed by atoms with Crippen molar-refractivity contribution in [2.75, 3.05) is 26.7 Å². The molecule has 7 heteroatoms. The highest BCUT2D eigenvalue weighted by atomic mass is 16.3. The summed E-state index contributed by atoms with van der Waals surface area (Å²) in [4.78, 5) is 33.7. The van der Waals surface area contributed by atoms with Gasteiger partial charge in [-0.2, -0.15) is 0 Å². The Morgan fingerprint density at radius 1 is 1.35 bits per heavy atom. The molecule has 1 aliphatic heterocycles. The van der Waals surface area contributed by atoms with Gasteiger partial charge in [0.05, 0.1) is 23.6 Å². The molecule has 0 radical (unpaired) electrons. The van der Waals surface area contributed by atoms with E-state index >= 15 is 0 Å². The number of hydrogen-bond acceptors (Lipinski definition) is 4. The van der Waals surface area contributed by atoms with Gasteiger partial charge in [0.2, 0.25) is 5.91 Å². The number of fused-ring (bicyclic) bond motifs is 1. The molecule has 0 spiro atoms. The first-order chi connectivity index (χ1) is 12.3. The summed E-state index contributed by atoms with van der Waals surface area (Å²) < 4.78 is 0. The summed E-state index contributed by atoms with van der Waals surface area (Å²) in [5.74, 6) is 0.380. The number of nitrogens with zero attached hydrogens (tertiary/aromatic N) is 2. The highest BCUT2D eigenvalue weighted by molar-refractivity contribution is 5.81. The normalized spacial score (nSPS) is 19.3. The van der Waals surface area contributed by atoms with Gasteiger partial charge < -0.3 is 20.0 Å². The van der Waals surface area contributed by atoms with Gasteiger partial charge in [-0.3, -0.25) is 9.69 Å². The Labute approximate surface area is 153 Å². The van der Waals surface area contributed by atoms with E-state index in [9.17, 15) is 14.7 Å². The maximum Gasteiger partial charge on any atom is 0.323 e. The topological polar surface area (TPSA) is 92.4 Å². The predicted molar refractivity (Wildman–Crippen MR) is 101 cm³/mol. The van der Waals surface area contributed by atoms with E-state index in [1.165, 1.54) is 0 Å². The van der Waals surface area contributed by atoms with E-state index in [0.717, 1.165) is 36.1 Å². The van der Waals surface area contributed by atoms with Crippen molar-refractivity contribution in [2.45, 2.75) is 38.8 Å². The molecule has 3 rings (SSSR count). The molecule has 0 bridgehead atoms. The lowest BCUT2D eigenvalue weighted by Crippen LogP contribution is -2.48. The molecule has 0 saturated carbocycles. The van der Waals surface area contributed by atoms with E-state index < -0.39 is 0 Å². The van der Waals surface area contributed by atoms with Crippen LogP contribution in [-0.4, -0.2) is 69.6 Å². The number of rotatable bonds is 6. The first-order valence-corrected chi connectivity index (χ1v) is 9.20. The fourth-order valence-corrected chi connectivity index (χ4v) is 3.70. The van der Waals surface area contributed by atoms with Crippen molar-refractivity contribution in [1.29, 1.82) is 0 Å². The average molecular weight is 360 g/mol. The van der Waals surface area contributed by atoms with Gasteiger partial charge in [0, 0.05) is 32.7 Å². The Kier molecular flexibility index (Phi) is 5.48. The van der Waals surface area contributed by atoms with Crippen LogP contribution < -0.4 is 5.69 Å². The van der Waals surface area contributed by atoms with Crippen LogP contribution in [0.2, 0.25) is 0 Å². The van der Waals surface area contributed by atoms with E-state index in [4.69, 9.17) is 0 Å². The molecule has 7 nitrogen and oxygen atoms in total. The molecule has 2 atom stereocenters. The van der Waals surface area contributed by atoms with Gasteiger partial charge in [-0.25, -0.2) is 4.79 Å². The van der Waals surface area contributed by atoms with Crippen LogP contribution >= 0.6 is 0 Å². The van der Waals surface area contributed by atoms with Crippen LogP contribution in [0.3, 0.4) is 0 Å². The van der Waals surface area contributed by atoms with Gasteiger partial charge in [0.1, 0.15) is 0 Å². The molecule has 0 aliphatic carbocycles. The zero-order chi connectivity index (χ0) is 18.8. The molecular formula is C19H28N4O3. The number of aromatic amines is 2. The highest BCUT2D eigenvalue weighted by Crippen LogP contribution is 2.18. The minimum Gasteiger partial charge on any atom is -0.392 e. The van der Waals surface area contributed by atoms with Gasteiger partial charge in [-0.05, 0) is 30.0 Å². The van der Waals surface area contributed by atoms with E-state index in [1.54, 1.807) is 0 Å². The fraction of sp³-hybridized carbons (Fsp3) is 0.579. The van der Waals surface area contributed by atoms with Crippen molar-refractivity contribution < 1.29 is 9.90 Å². The average Bonchev–Trinajstić information content (AvgIpc) is 3.15. The Hall–Kier alpha value is -2.12. The lowest BCUT2D eigenvalue weighted by atomic mass is 10.0. The summed E-state index contributed by atoms with van der Waals surface area (Å²) >= 11 is 0. The number of carbonyl (C=O) groups excluding carboxylic acids is 1. The van der Waals surface area contributed by atoms with Crippen molar-refractivity contribution in [3.63, 3.8) is 0 Å². The van der Waals surface area contributed by atoms with Gasteiger partial charge in [-0.15, -0.1) is 0 Å². The van der Waals surface area contributed by atoms with Crippen LogP contribution in [0, 0.1) is 5.92 Å². The first-order valence-electron chi connectivity index (χ1n) is 9.20. The van der Waals surface area contributed by atoms with Crippen molar-refractivity contribution in [3.05, 3.63) is 34.2 Å². The predicted octanol–water partition coefficient (Wildman–Crippen LogP) is 0.948. The number of hydrogen-bond donors (Lipinski definition) is 3. The summed E-state index contributed by atoms with van der Waals surface area (Å²) in [6.07, 6.45) is 0.849. The molecule has 1 amide bonds. The number of likely N-dealkylation sites (N-methyl/N-ethyl adjacent to an activating group) is 1. The number of aliphatic hydroxyl groups is 1. The second-order valence-electron chi connectivity index (χ2n) is 7.65. The third-order valence-corrected chi connectivity index (χ3v) is 5.29. The number of nitrogens with one attached hydrogen (secondary N) is 2. The van der Waals surface area contributed by atoms with Crippen LogP contribution in [0.4, 0.5) is 0 Å². The van der Waals surface area contributed by atoms with Crippen LogP contribution in [0.25, 0.3) is 11.0 Å². The second-order valence-corrected chi connectivity index (χ2v) is 7.65. The summed E-state index contributed by atoms with van der Waals surface area (Å²) in [6, 6.07) is 5.64. The molecule has 142 valence electrons. The van der Waals surface area contributed by atoms with Crippen molar-refractivity contribution in [3.8, 4) is 0 Å². The SMILES string of the molecule is CC(C)[C@@H](CN1CC[C@H](O)C1)N(C)C(=O)Cc1ccc2[nH]c(=O)[nH]c2c1. The standard InChI is InChI=1S/C19H28N4O3/c1-12(2)17(11-23-7-6-14(24)10-23)22(3)18(25)9-13-4-5-15-16(8-13)21-19(26)20-15/h4-5,8,12,14,17,24H,6-7,9-11H2,1-3H3,(H2,20,21,26)/t14-,17+/m0/s1. The first kappa shape index (κ1) is 18.7. The Morgan fingerprint density at radius 2 is 2.08 bits per heavy atom. The number of benzene rings is 1. The molecule has 2 aromatic rings. The van der Waals surface area contributed by atoms with Crippen LogP contribution in [-0.2, 0) is 11.2 Å². The summed E-state index contributed by atoms with van der Waals surface area (Å²) in [5, 5.41) is 9.73. The number of carbonyl (C=O) groups is 1. The molecular weight excluding hydrogens is 332 g/mol. The number of H-pyrrole nitrogens is 2. The zero-order valence-electron chi connectivity index (χ0n) is 15.7. The quantitative estimate of drug-likeness (QED) is 0.715.